The van der Waals surface area contributed by atoms with Crippen LogP contribution in [0.25, 0.3) is 0 Å². The van der Waals surface area contributed by atoms with Crippen molar-refractivity contribution in [2.45, 2.75) is 3.23 Å². The summed E-state index contributed by atoms with van der Waals surface area (Å²) in [7, 11) is 0. The van der Waals surface area contributed by atoms with E-state index in [1.807, 2.05) is 30.3 Å². The zero-order chi connectivity index (χ0) is 12.3. The molecule has 0 aliphatic heterocycles. The van der Waals surface area contributed by atoms with Gasteiger partial charge in [0.15, 0.2) is 0 Å². The van der Waals surface area contributed by atoms with Crippen molar-refractivity contribution in [3.8, 4) is 0 Å². The summed E-state index contributed by atoms with van der Waals surface area (Å²) in [5, 5.41) is 9.16. The van der Waals surface area contributed by atoms with Gasteiger partial charge >= 0.3 is 5.97 Å². The normalized spacial score (nSPS) is 11.0. The number of carbonyl (C=O) groups is 1. The average Bonchev–Trinajstić information content (AvgIpc) is 2.17. The molecule has 0 aromatic heterocycles. The second-order valence-corrected chi connectivity index (χ2v) is 8.97. The molecule has 0 amide bonds. The molecule has 1 aromatic carbocycles. The molecular formula is C10H6Br4O2. The fourth-order valence-electron chi connectivity index (χ4n) is 1.13. The second kappa shape index (κ2) is 5.80. The average molecular weight is 478 g/mol. The number of halogens is 4. The molecule has 86 valence electrons. The molecule has 0 bridgehead atoms. The van der Waals surface area contributed by atoms with E-state index in [0.717, 1.165) is 5.56 Å². The lowest BCUT2D eigenvalue weighted by atomic mass is 10.1. The van der Waals surface area contributed by atoms with E-state index in [0.29, 0.717) is 3.39 Å². The summed E-state index contributed by atoms with van der Waals surface area (Å²) >= 11 is 13.0. The lowest BCUT2D eigenvalue weighted by molar-refractivity contribution is -0.132. The van der Waals surface area contributed by atoms with Crippen molar-refractivity contribution < 1.29 is 9.90 Å². The first-order valence-electron chi connectivity index (χ1n) is 4.09. The highest BCUT2D eigenvalue weighted by atomic mass is 79.9. The molecule has 0 aliphatic carbocycles. The Morgan fingerprint density at radius 2 is 1.62 bits per heavy atom. The summed E-state index contributed by atoms with van der Waals surface area (Å²) in [4.78, 5) is 11.2. The van der Waals surface area contributed by atoms with Gasteiger partial charge in [-0.15, -0.1) is 0 Å². The Bertz CT molecular complexity index is 422. The maximum absolute atomic E-state index is 11.2. The predicted octanol–water partition coefficient (Wildman–Crippen LogP) is 4.72. The highest BCUT2D eigenvalue weighted by Gasteiger charge is 2.36. The van der Waals surface area contributed by atoms with Crippen LogP contribution in [-0.4, -0.2) is 11.1 Å². The van der Waals surface area contributed by atoms with Crippen molar-refractivity contribution in [1.29, 1.82) is 0 Å². The maximum atomic E-state index is 11.2. The molecule has 0 spiro atoms. The van der Waals surface area contributed by atoms with E-state index in [1.165, 1.54) is 0 Å². The van der Waals surface area contributed by atoms with Crippen LogP contribution in [0.15, 0.2) is 39.3 Å². The third kappa shape index (κ3) is 3.18. The second-order valence-electron chi connectivity index (χ2n) is 2.88. The van der Waals surface area contributed by atoms with E-state index in [2.05, 4.69) is 63.7 Å². The third-order valence-corrected chi connectivity index (χ3v) is 4.35. The summed E-state index contributed by atoms with van der Waals surface area (Å²) in [6.07, 6.45) is 0. The lowest BCUT2D eigenvalue weighted by Crippen LogP contribution is -2.20. The Kier molecular flexibility index (Phi) is 5.22. The largest absolute Gasteiger partial charge is 0.478 e. The number of rotatable bonds is 3. The lowest BCUT2D eigenvalue weighted by Gasteiger charge is -2.22. The zero-order valence-corrected chi connectivity index (χ0v) is 14.1. The van der Waals surface area contributed by atoms with Gasteiger partial charge in [-0.2, -0.15) is 0 Å². The van der Waals surface area contributed by atoms with Crippen molar-refractivity contribution in [2.24, 2.45) is 0 Å². The topological polar surface area (TPSA) is 37.3 Å². The molecule has 1 rings (SSSR count). The molecule has 0 atom stereocenters. The first kappa shape index (κ1) is 14.4. The van der Waals surface area contributed by atoms with Crippen molar-refractivity contribution in [2.75, 3.05) is 0 Å². The number of carboxylic acids is 1. The monoisotopic (exact) mass is 474 g/mol. The molecule has 0 saturated carbocycles. The Morgan fingerprint density at radius 1 is 1.12 bits per heavy atom. The van der Waals surface area contributed by atoms with Crippen LogP contribution in [0.1, 0.15) is 5.56 Å². The van der Waals surface area contributed by atoms with Gasteiger partial charge < -0.3 is 5.11 Å². The number of carboxylic acid groups (broad SMARTS) is 1. The van der Waals surface area contributed by atoms with Crippen molar-refractivity contribution >= 4 is 69.7 Å². The maximum Gasteiger partial charge on any atom is 0.335 e. The van der Waals surface area contributed by atoms with Crippen LogP contribution >= 0.6 is 63.7 Å². The van der Waals surface area contributed by atoms with Crippen LogP contribution in [0.4, 0.5) is 0 Å². The minimum absolute atomic E-state index is 0.138. The molecule has 1 aromatic rings. The molecule has 16 heavy (non-hydrogen) atoms. The van der Waals surface area contributed by atoms with Gasteiger partial charge in [-0.05, 0) is 37.4 Å². The minimum Gasteiger partial charge on any atom is -0.478 e. The number of benzene rings is 1. The summed E-state index contributed by atoms with van der Waals surface area (Å²) in [6, 6.07) is 9.21. The van der Waals surface area contributed by atoms with E-state index in [1.54, 1.807) is 0 Å². The van der Waals surface area contributed by atoms with E-state index in [-0.39, 0.29) is 5.57 Å². The van der Waals surface area contributed by atoms with Crippen molar-refractivity contribution in [3.63, 3.8) is 0 Å². The zero-order valence-electron chi connectivity index (χ0n) is 7.75. The minimum atomic E-state index is -1.03. The van der Waals surface area contributed by atoms with Gasteiger partial charge in [0.2, 0.25) is 0 Å². The third-order valence-electron chi connectivity index (χ3n) is 1.85. The Balaban J connectivity index is 3.31. The molecule has 0 fully saturated rings. The summed E-state index contributed by atoms with van der Waals surface area (Å²) < 4.78 is -0.555. The Morgan fingerprint density at radius 3 is 2.00 bits per heavy atom. The SMILES string of the molecule is O=C(O)C(=C(Br)Br)C(Br)(Br)c1ccccc1. The highest BCUT2D eigenvalue weighted by Crippen LogP contribution is 2.47. The van der Waals surface area contributed by atoms with Crippen molar-refractivity contribution in [3.05, 3.63) is 44.9 Å². The first-order chi connectivity index (χ1) is 7.37. The van der Waals surface area contributed by atoms with Crippen LogP contribution in [0.5, 0.6) is 0 Å². The molecule has 0 saturated heterocycles. The predicted molar refractivity (Wildman–Crippen MR) is 78.5 cm³/mol. The smallest absolute Gasteiger partial charge is 0.335 e. The summed E-state index contributed by atoms with van der Waals surface area (Å²) in [6.45, 7) is 0. The Hall–Kier alpha value is 0.350. The molecule has 1 N–H and O–H groups in total. The fourth-order valence-corrected chi connectivity index (χ4v) is 4.39. The van der Waals surface area contributed by atoms with Gasteiger partial charge in [0.25, 0.3) is 0 Å². The van der Waals surface area contributed by atoms with E-state index >= 15 is 0 Å². The van der Waals surface area contributed by atoms with Gasteiger partial charge in [-0.1, -0.05) is 62.2 Å². The summed E-state index contributed by atoms with van der Waals surface area (Å²) in [5.74, 6) is -1.03. The van der Waals surface area contributed by atoms with Gasteiger partial charge in [0.1, 0.15) is 3.23 Å². The molecule has 2 nitrogen and oxygen atoms in total. The van der Waals surface area contributed by atoms with Crippen LogP contribution in [-0.2, 0) is 8.03 Å². The van der Waals surface area contributed by atoms with Crippen LogP contribution in [0.3, 0.4) is 0 Å². The number of alkyl halides is 2. The van der Waals surface area contributed by atoms with Crippen LogP contribution in [0.2, 0.25) is 0 Å². The van der Waals surface area contributed by atoms with E-state index in [4.69, 9.17) is 5.11 Å². The van der Waals surface area contributed by atoms with Gasteiger partial charge in [-0.3, -0.25) is 0 Å². The molecule has 0 aliphatic rings. The molecule has 0 radical (unpaired) electrons. The highest BCUT2D eigenvalue weighted by molar-refractivity contribution is 9.28. The van der Waals surface area contributed by atoms with Gasteiger partial charge in [0, 0.05) is 0 Å². The number of hydrogen-bond acceptors (Lipinski definition) is 1. The standard InChI is InChI=1S/C10H6Br4O2/c11-8(12)7(9(15)16)10(13,14)6-4-2-1-3-5-6/h1-5H,(H,15,16). The number of aliphatic carboxylic acids is 1. The van der Waals surface area contributed by atoms with Gasteiger partial charge in [0.05, 0.1) is 8.96 Å². The van der Waals surface area contributed by atoms with Crippen LogP contribution in [0, 0.1) is 0 Å². The van der Waals surface area contributed by atoms with Crippen LogP contribution < -0.4 is 0 Å². The molecule has 0 heterocycles. The fraction of sp³-hybridized carbons (Fsp3) is 0.100. The molecular weight excluding hydrogens is 472 g/mol. The Labute approximate surface area is 127 Å². The molecule has 0 unspecified atom stereocenters. The quantitative estimate of drug-likeness (QED) is 0.505. The van der Waals surface area contributed by atoms with Gasteiger partial charge in [-0.25, -0.2) is 4.79 Å². The summed E-state index contributed by atoms with van der Waals surface area (Å²) in [5.41, 5.74) is 0.933. The first-order valence-corrected chi connectivity index (χ1v) is 7.27. The van der Waals surface area contributed by atoms with E-state index < -0.39 is 9.20 Å². The number of hydrogen-bond donors (Lipinski definition) is 1. The van der Waals surface area contributed by atoms with E-state index in [9.17, 15) is 4.79 Å². The van der Waals surface area contributed by atoms with Crippen molar-refractivity contribution in [1.82, 2.24) is 0 Å². The molecule has 6 heteroatoms.